The third-order valence-corrected chi connectivity index (χ3v) is 14.3. The first-order valence-electron chi connectivity index (χ1n) is 19.4. The molecule has 2 heterocycles. The van der Waals surface area contributed by atoms with Crippen LogP contribution < -0.4 is 4.90 Å². The number of benzene rings is 3. The van der Waals surface area contributed by atoms with Crippen LogP contribution in [-0.4, -0.2) is 48.7 Å². The van der Waals surface area contributed by atoms with Crippen LogP contribution in [0.3, 0.4) is 0 Å². The van der Waals surface area contributed by atoms with Gasteiger partial charge in [0.15, 0.2) is 5.71 Å². The molecule has 11 heteroatoms. The van der Waals surface area contributed by atoms with Gasteiger partial charge in [-0.3, -0.25) is 4.31 Å². The molecule has 0 unspecified atom stereocenters. The van der Waals surface area contributed by atoms with Crippen molar-refractivity contribution in [1.82, 2.24) is 4.31 Å². The summed E-state index contributed by atoms with van der Waals surface area (Å²) in [5.74, 6) is 0. The molecule has 0 bridgehead atoms. The number of unbranched alkanes of at least 4 members (excludes halogenated alkanes) is 4. The van der Waals surface area contributed by atoms with Crippen molar-refractivity contribution in [2.45, 2.75) is 96.4 Å². The lowest BCUT2D eigenvalue weighted by Crippen LogP contribution is -2.37. The van der Waals surface area contributed by atoms with Gasteiger partial charge in [0.25, 0.3) is 0 Å². The Balaban J connectivity index is 1.58. The summed E-state index contributed by atoms with van der Waals surface area (Å²) in [5.41, 5.74) is 2.51. The summed E-state index contributed by atoms with van der Waals surface area (Å²) in [6.45, 7) is 14.6. The fourth-order valence-corrected chi connectivity index (χ4v) is 10.2. The molecule has 3 aromatic carbocycles. The minimum atomic E-state index is -5.76. The minimum Gasteiger partial charge on any atom is -0.344 e. The first kappa shape index (κ1) is 42.7. The van der Waals surface area contributed by atoms with Crippen molar-refractivity contribution in [3.8, 4) is 0 Å². The molecule has 0 N–H and O–H groups in total. The number of hydrogen-bond donors (Lipinski definition) is 0. The standard InChI is InChI=1S/C45H51F3I2N3O2S/c1-8-10-14-26-52-38-22-18-30(49)28-36(38)43(3,4)40(52)24-20-34-32-16-12-13-17-33(32)35(42(34)51(7)56(54,55)45(46,47)48)21-25-41-44(5,6)37-29-31(50)19-23-39(37)53(41)27-15-11-9-2/h12-13,16-25,28-29H,8-11,14-15,26-27H2,1-7H3/q+1. The van der Waals surface area contributed by atoms with Crippen molar-refractivity contribution in [1.29, 1.82) is 0 Å². The number of anilines is 1. The van der Waals surface area contributed by atoms with Gasteiger partial charge in [0.05, 0.1) is 11.1 Å². The highest BCUT2D eigenvalue weighted by Gasteiger charge is 2.51. The minimum absolute atomic E-state index is 0.00183. The van der Waals surface area contributed by atoms with Gasteiger partial charge in [-0.2, -0.15) is 26.2 Å². The van der Waals surface area contributed by atoms with Crippen molar-refractivity contribution < 1.29 is 26.2 Å². The third-order valence-electron chi connectivity index (χ3n) is 11.5. The summed E-state index contributed by atoms with van der Waals surface area (Å²) in [6, 6.07) is 20.3. The average molecular weight is 1010 g/mol. The summed E-state index contributed by atoms with van der Waals surface area (Å²) in [7, 11) is -4.74. The predicted octanol–water partition coefficient (Wildman–Crippen LogP) is 12.5. The lowest BCUT2D eigenvalue weighted by atomic mass is 9.81. The molecule has 0 aromatic heterocycles. The number of allylic oxidation sites excluding steroid dienone is 7. The van der Waals surface area contributed by atoms with Crippen molar-refractivity contribution >= 4 is 83.4 Å². The van der Waals surface area contributed by atoms with Crippen LogP contribution >= 0.6 is 45.2 Å². The van der Waals surface area contributed by atoms with Crippen molar-refractivity contribution in [3.05, 3.63) is 126 Å². The van der Waals surface area contributed by atoms with Crippen LogP contribution in [-0.2, 0) is 20.9 Å². The Morgan fingerprint density at radius 3 is 2.09 bits per heavy atom. The van der Waals surface area contributed by atoms with Gasteiger partial charge in [-0.25, -0.2) is 0 Å². The smallest absolute Gasteiger partial charge is 0.344 e. The first-order chi connectivity index (χ1) is 26.4. The summed E-state index contributed by atoms with van der Waals surface area (Å²) < 4.78 is 75.0. The van der Waals surface area contributed by atoms with Crippen molar-refractivity contribution in [2.75, 3.05) is 25.0 Å². The Labute approximate surface area is 358 Å². The zero-order chi connectivity index (χ0) is 40.8. The second-order valence-corrected chi connectivity index (χ2v) is 20.3. The second-order valence-electron chi connectivity index (χ2n) is 15.9. The number of fused-ring (bicyclic) bond motifs is 3. The quantitative estimate of drug-likeness (QED) is 0.0974. The third kappa shape index (κ3) is 7.69. The van der Waals surface area contributed by atoms with Gasteiger partial charge in [-0.1, -0.05) is 77.3 Å². The molecule has 0 saturated heterocycles. The fourth-order valence-electron chi connectivity index (χ4n) is 8.45. The fraction of sp³-hybridized carbons (Fsp3) is 0.400. The highest BCUT2D eigenvalue weighted by Crippen LogP contribution is 2.50. The van der Waals surface area contributed by atoms with E-state index in [0.29, 0.717) is 26.6 Å². The number of sulfonamides is 1. The molecule has 2 aliphatic heterocycles. The van der Waals surface area contributed by atoms with Crippen LogP contribution in [0.4, 0.5) is 24.5 Å². The number of nitrogens with zero attached hydrogens (tertiary/aromatic N) is 3. The maximum absolute atomic E-state index is 14.4. The Morgan fingerprint density at radius 1 is 0.804 bits per heavy atom. The maximum atomic E-state index is 14.4. The molecule has 3 aromatic rings. The lowest BCUT2D eigenvalue weighted by molar-refractivity contribution is -0.438. The number of likely N-dealkylation sites (N-methyl/N-ethyl adjacent to an activating group) is 1. The molecular formula is C45H51F3I2N3O2S+. The molecular weight excluding hydrogens is 957 g/mol. The first-order valence-corrected chi connectivity index (χ1v) is 23.0. The van der Waals surface area contributed by atoms with Gasteiger partial charge >= 0.3 is 15.5 Å². The number of alkyl halides is 3. The molecule has 0 radical (unpaired) electrons. The van der Waals surface area contributed by atoms with E-state index in [1.165, 1.54) is 11.1 Å². The van der Waals surface area contributed by atoms with Gasteiger partial charge < -0.3 is 4.90 Å². The SMILES string of the molecule is CCCCCN1/C(=C/C=C2C(N(C)S(=O)(=O)C(F)(F)F)=C(/C=C/C3=[N+](CCCCC)c4ccc(I)cc4C3(C)C)c3ccccc3/2)C(C)(C)c2cc(I)ccc21. The molecule has 1 aliphatic carbocycles. The van der Waals surface area contributed by atoms with E-state index < -0.39 is 26.4 Å². The van der Waals surface area contributed by atoms with Crippen LogP contribution in [0.1, 0.15) is 102 Å². The normalized spacial score (nSPS) is 18.8. The molecule has 5 nitrogen and oxygen atoms in total. The van der Waals surface area contributed by atoms with Crippen LogP contribution in [0.2, 0.25) is 0 Å². The molecule has 298 valence electrons. The summed E-state index contributed by atoms with van der Waals surface area (Å²) in [6.07, 6.45) is 13.9. The van der Waals surface area contributed by atoms with Crippen molar-refractivity contribution in [3.63, 3.8) is 0 Å². The molecule has 3 aliphatic rings. The molecule has 0 fully saturated rings. The molecule has 0 saturated carbocycles. The van der Waals surface area contributed by atoms with E-state index in [4.69, 9.17) is 0 Å². The van der Waals surface area contributed by atoms with Gasteiger partial charge in [-0.05, 0) is 131 Å². The van der Waals surface area contributed by atoms with E-state index in [9.17, 15) is 21.6 Å². The monoisotopic (exact) mass is 1010 g/mol. The van der Waals surface area contributed by atoms with Gasteiger partial charge in [0, 0.05) is 72.8 Å². The van der Waals surface area contributed by atoms with E-state index in [1.54, 1.807) is 0 Å². The van der Waals surface area contributed by atoms with E-state index in [0.717, 1.165) is 88.6 Å². The summed E-state index contributed by atoms with van der Waals surface area (Å²) >= 11 is 4.66. The topological polar surface area (TPSA) is 43.6 Å². The van der Waals surface area contributed by atoms with Gasteiger partial charge in [0.2, 0.25) is 5.69 Å². The second kappa shape index (κ2) is 16.4. The Bertz CT molecular complexity index is 2300. The van der Waals surface area contributed by atoms with E-state index in [1.807, 2.05) is 48.6 Å². The molecule has 56 heavy (non-hydrogen) atoms. The lowest BCUT2D eigenvalue weighted by Gasteiger charge is -2.27. The zero-order valence-corrected chi connectivity index (χ0v) is 38.3. The maximum Gasteiger partial charge on any atom is 0.516 e. The number of rotatable bonds is 13. The largest absolute Gasteiger partial charge is 0.516 e. The predicted molar refractivity (Wildman–Crippen MR) is 242 cm³/mol. The Hall–Kier alpha value is -2.91. The summed E-state index contributed by atoms with van der Waals surface area (Å²) in [4.78, 5) is 2.32. The number of halogens is 5. The highest BCUT2D eigenvalue weighted by atomic mass is 127. The van der Waals surface area contributed by atoms with E-state index >= 15 is 0 Å². The van der Waals surface area contributed by atoms with Crippen LogP contribution in [0.5, 0.6) is 0 Å². The van der Waals surface area contributed by atoms with Gasteiger partial charge in [0.1, 0.15) is 6.54 Å². The summed E-state index contributed by atoms with van der Waals surface area (Å²) in [5, 5.41) is 0. The van der Waals surface area contributed by atoms with Crippen LogP contribution in [0.15, 0.2) is 96.4 Å². The number of hydrogen-bond acceptors (Lipinski definition) is 3. The molecule has 0 atom stereocenters. The average Bonchev–Trinajstić information content (AvgIpc) is 3.64. The van der Waals surface area contributed by atoms with E-state index in [-0.39, 0.29) is 5.70 Å². The van der Waals surface area contributed by atoms with Crippen LogP contribution in [0.25, 0.3) is 11.1 Å². The van der Waals surface area contributed by atoms with E-state index in [2.05, 4.69) is 133 Å². The Kier molecular flexibility index (Phi) is 12.5. The highest BCUT2D eigenvalue weighted by molar-refractivity contribution is 14.1. The molecule has 6 rings (SSSR count). The van der Waals surface area contributed by atoms with Crippen LogP contribution in [0, 0.1) is 7.14 Å². The zero-order valence-electron chi connectivity index (χ0n) is 33.2. The Morgan fingerprint density at radius 2 is 1.43 bits per heavy atom. The molecule has 0 spiro atoms. The van der Waals surface area contributed by atoms with Gasteiger partial charge in [-0.15, -0.1) is 0 Å². The molecule has 0 amide bonds. The van der Waals surface area contributed by atoms with Crippen molar-refractivity contribution in [2.24, 2.45) is 0 Å².